The Morgan fingerprint density at radius 1 is 0.600 bits per heavy atom. The summed E-state index contributed by atoms with van der Waals surface area (Å²) in [5.41, 5.74) is 6.34. The maximum atomic E-state index is 4.79. The summed E-state index contributed by atoms with van der Waals surface area (Å²) in [6, 6.07) is 18.8. The van der Waals surface area contributed by atoms with E-state index in [0.717, 1.165) is 38.3 Å². The van der Waals surface area contributed by atoms with Gasteiger partial charge in [0.1, 0.15) is 0 Å². The van der Waals surface area contributed by atoms with Crippen LogP contribution in [0.4, 0.5) is 0 Å². The van der Waals surface area contributed by atoms with Crippen LogP contribution in [-0.4, -0.2) is 15.0 Å². The minimum Gasteiger partial charge on any atom is -0.255 e. The van der Waals surface area contributed by atoms with Gasteiger partial charge in [0.05, 0.1) is 16.6 Å². The summed E-state index contributed by atoms with van der Waals surface area (Å²) in [5.74, 6) is 0. The molecule has 3 heterocycles. The molecule has 118 valence electrons. The Labute approximate surface area is 145 Å². The van der Waals surface area contributed by atoms with Crippen molar-refractivity contribution in [3.8, 4) is 11.1 Å². The maximum absolute atomic E-state index is 4.79. The maximum Gasteiger partial charge on any atom is 0.0986 e. The van der Waals surface area contributed by atoms with Gasteiger partial charge in [0.15, 0.2) is 0 Å². The molecule has 5 rings (SSSR count). The summed E-state index contributed by atoms with van der Waals surface area (Å²) < 4.78 is 0. The minimum atomic E-state index is 0.904. The first-order valence-electron chi connectivity index (χ1n) is 8.29. The molecule has 0 unspecified atom stereocenters. The quantitative estimate of drug-likeness (QED) is 0.393. The Bertz CT molecular complexity index is 1210. The van der Waals surface area contributed by atoms with Gasteiger partial charge in [-0.25, -0.2) is 0 Å². The molecule has 0 amide bonds. The molecule has 0 aliphatic carbocycles. The second kappa shape index (κ2) is 5.35. The van der Waals surface area contributed by atoms with Crippen LogP contribution >= 0.6 is 0 Å². The van der Waals surface area contributed by atoms with Crippen LogP contribution < -0.4 is 0 Å². The lowest BCUT2D eigenvalue weighted by molar-refractivity contribution is 1.36. The fourth-order valence-corrected chi connectivity index (χ4v) is 3.39. The van der Waals surface area contributed by atoms with Crippen LogP contribution in [0.15, 0.2) is 73.2 Å². The smallest absolute Gasteiger partial charge is 0.0986 e. The number of benzene rings is 2. The zero-order chi connectivity index (χ0) is 16.8. The highest BCUT2D eigenvalue weighted by Gasteiger charge is 2.12. The van der Waals surface area contributed by atoms with Gasteiger partial charge in [0.2, 0.25) is 0 Å². The molecule has 0 saturated heterocycles. The van der Waals surface area contributed by atoms with E-state index in [1.165, 1.54) is 11.1 Å². The third-order valence-corrected chi connectivity index (χ3v) is 4.66. The van der Waals surface area contributed by atoms with Crippen LogP contribution in [0.1, 0.15) is 5.56 Å². The Balaban J connectivity index is 1.91. The molecule has 0 atom stereocenters. The Kier molecular flexibility index (Phi) is 3.01. The highest BCUT2D eigenvalue weighted by Crippen LogP contribution is 2.33. The lowest BCUT2D eigenvalue weighted by atomic mass is 9.99. The van der Waals surface area contributed by atoms with Gasteiger partial charge in [-0.2, -0.15) is 0 Å². The van der Waals surface area contributed by atoms with E-state index in [1.54, 1.807) is 0 Å². The van der Waals surface area contributed by atoms with Crippen LogP contribution in [-0.2, 0) is 0 Å². The van der Waals surface area contributed by atoms with Gasteiger partial charge in [-0.3, -0.25) is 15.0 Å². The number of hydrogen-bond acceptors (Lipinski definition) is 3. The SMILES string of the molecule is Cc1ccc(-c2cnc3c(c2)c2cccnc2c2ncccc32)cc1. The van der Waals surface area contributed by atoms with Crippen LogP contribution in [0, 0.1) is 6.92 Å². The summed E-state index contributed by atoms with van der Waals surface area (Å²) in [7, 11) is 0. The predicted molar refractivity (Wildman–Crippen MR) is 103 cm³/mol. The molecule has 5 aromatic rings. The van der Waals surface area contributed by atoms with Crippen molar-refractivity contribution in [2.24, 2.45) is 0 Å². The summed E-state index contributed by atoms with van der Waals surface area (Å²) in [4.78, 5) is 13.9. The standard InChI is InChI=1S/C22H15N3/c1-14-6-8-15(9-7-14)16-12-19-17-4-2-10-23-21(17)22-18(5-3-11-24-22)20(19)25-13-16/h2-13H,1H3. The lowest BCUT2D eigenvalue weighted by Crippen LogP contribution is -1.91. The average Bonchev–Trinajstić information content (AvgIpc) is 2.68. The molecule has 0 aliphatic heterocycles. The van der Waals surface area contributed by atoms with E-state index in [-0.39, 0.29) is 0 Å². The number of rotatable bonds is 1. The summed E-state index contributed by atoms with van der Waals surface area (Å²) in [6.07, 6.45) is 5.57. The Hall–Kier alpha value is -3.33. The van der Waals surface area contributed by atoms with Crippen molar-refractivity contribution in [1.29, 1.82) is 0 Å². The third-order valence-electron chi connectivity index (χ3n) is 4.66. The van der Waals surface area contributed by atoms with Crippen molar-refractivity contribution in [2.75, 3.05) is 0 Å². The van der Waals surface area contributed by atoms with Gasteiger partial charge in [-0.1, -0.05) is 35.9 Å². The first-order valence-corrected chi connectivity index (χ1v) is 8.29. The molecule has 0 aliphatic rings. The van der Waals surface area contributed by atoms with E-state index >= 15 is 0 Å². The second-order valence-electron chi connectivity index (χ2n) is 6.29. The fraction of sp³-hybridized carbons (Fsp3) is 0.0455. The zero-order valence-electron chi connectivity index (χ0n) is 13.8. The van der Waals surface area contributed by atoms with Gasteiger partial charge in [0, 0.05) is 40.3 Å². The summed E-state index contributed by atoms with van der Waals surface area (Å²) in [6.45, 7) is 2.10. The molecule has 2 aromatic carbocycles. The predicted octanol–water partition coefficient (Wildman–Crippen LogP) is 5.31. The van der Waals surface area contributed by atoms with Gasteiger partial charge in [-0.05, 0) is 36.8 Å². The van der Waals surface area contributed by atoms with Crippen LogP contribution in [0.2, 0.25) is 0 Å². The normalized spacial score (nSPS) is 11.4. The van der Waals surface area contributed by atoms with E-state index in [2.05, 4.69) is 59.4 Å². The molecule has 0 N–H and O–H groups in total. The van der Waals surface area contributed by atoms with Crippen molar-refractivity contribution in [3.63, 3.8) is 0 Å². The molecule has 0 fully saturated rings. The third kappa shape index (κ3) is 2.17. The van der Waals surface area contributed by atoms with Gasteiger partial charge < -0.3 is 0 Å². The van der Waals surface area contributed by atoms with E-state index in [1.807, 2.05) is 30.7 Å². The molecular weight excluding hydrogens is 306 g/mol. The first kappa shape index (κ1) is 14.1. The number of nitrogens with zero attached hydrogens (tertiary/aromatic N) is 3. The first-order chi connectivity index (χ1) is 12.3. The van der Waals surface area contributed by atoms with Crippen molar-refractivity contribution in [3.05, 3.63) is 78.8 Å². The molecule has 25 heavy (non-hydrogen) atoms. The van der Waals surface area contributed by atoms with Crippen LogP contribution in [0.5, 0.6) is 0 Å². The molecule has 0 bridgehead atoms. The monoisotopic (exact) mass is 321 g/mol. The van der Waals surface area contributed by atoms with Gasteiger partial charge in [-0.15, -0.1) is 0 Å². The fourth-order valence-electron chi connectivity index (χ4n) is 3.39. The average molecular weight is 321 g/mol. The highest BCUT2D eigenvalue weighted by molar-refractivity contribution is 6.22. The van der Waals surface area contributed by atoms with Crippen LogP contribution in [0.3, 0.4) is 0 Å². The van der Waals surface area contributed by atoms with Crippen molar-refractivity contribution >= 4 is 32.7 Å². The summed E-state index contributed by atoms with van der Waals surface area (Å²) >= 11 is 0. The van der Waals surface area contributed by atoms with E-state index in [9.17, 15) is 0 Å². The lowest BCUT2D eigenvalue weighted by Gasteiger charge is -2.10. The number of aryl methyl sites for hydroxylation is 1. The van der Waals surface area contributed by atoms with E-state index < -0.39 is 0 Å². The number of fused-ring (bicyclic) bond motifs is 6. The zero-order valence-corrected chi connectivity index (χ0v) is 13.8. The van der Waals surface area contributed by atoms with Crippen LogP contribution in [0.25, 0.3) is 43.8 Å². The molecule has 0 spiro atoms. The minimum absolute atomic E-state index is 0.904. The van der Waals surface area contributed by atoms with E-state index in [4.69, 9.17) is 4.98 Å². The van der Waals surface area contributed by atoms with Gasteiger partial charge >= 0.3 is 0 Å². The molecule has 3 nitrogen and oxygen atoms in total. The Morgan fingerprint density at radius 3 is 2.04 bits per heavy atom. The Morgan fingerprint density at radius 2 is 1.28 bits per heavy atom. The molecule has 3 aromatic heterocycles. The van der Waals surface area contributed by atoms with Crippen molar-refractivity contribution < 1.29 is 0 Å². The second-order valence-corrected chi connectivity index (χ2v) is 6.29. The number of hydrogen-bond donors (Lipinski definition) is 0. The molecule has 0 radical (unpaired) electrons. The number of pyridine rings is 3. The van der Waals surface area contributed by atoms with Gasteiger partial charge in [0.25, 0.3) is 0 Å². The highest BCUT2D eigenvalue weighted by atomic mass is 14.7. The number of aromatic nitrogens is 3. The molecule has 0 saturated carbocycles. The molecule has 3 heteroatoms. The van der Waals surface area contributed by atoms with Crippen molar-refractivity contribution in [2.45, 2.75) is 6.92 Å². The molecular formula is C22H15N3. The topological polar surface area (TPSA) is 38.7 Å². The largest absolute Gasteiger partial charge is 0.255 e. The summed E-state index contributed by atoms with van der Waals surface area (Å²) in [5, 5.41) is 3.24. The van der Waals surface area contributed by atoms with E-state index in [0.29, 0.717) is 0 Å². The van der Waals surface area contributed by atoms with Crippen molar-refractivity contribution in [1.82, 2.24) is 15.0 Å².